The predicted octanol–water partition coefficient (Wildman–Crippen LogP) is 4.27. The van der Waals surface area contributed by atoms with Crippen LogP contribution in [0.2, 0.25) is 0 Å². The molecule has 0 spiro atoms. The Morgan fingerprint density at radius 1 is 0.938 bits per heavy atom. The molecule has 10 heteroatoms. The summed E-state index contributed by atoms with van der Waals surface area (Å²) < 4.78 is 11.5. The maximum atomic E-state index is 12.3. The van der Waals surface area contributed by atoms with E-state index >= 15 is 0 Å². The number of thiophene rings is 1. The average Bonchev–Trinajstić information content (AvgIpc) is 3.10. The zero-order valence-electron chi connectivity index (χ0n) is 19.2. The molecular weight excluding hydrogens is 451 g/mol. The van der Waals surface area contributed by atoms with Gasteiger partial charge in [-0.25, -0.2) is 4.79 Å². The molecule has 2 rings (SSSR count). The van der Waals surface area contributed by atoms with Crippen molar-refractivity contribution >= 4 is 47.6 Å². The van der Waals surface area contributed by atoms with Gasteiger partial charge < -0.3 is 14.6 Å². The highest BCUT2D eigenvalue weighted by Gasteiger charge is 2.25. The average molecular weight is 483 g/mol. The van der Waals surface area contributed by atoms with Crippen LogP contribution in [0.4, 0.5) is 0 Å². The molecule has 1 aromatic heterocycles. The van der Waals surface area contributed by atoms with Crippen molar-refractivity contribution < 1.29 is 29.0 Å². The second kappa shape index (κ2) is 11.7. The number of carboxylic acid groups (broad SMARTS) is 1. The van der Waals surface area contributed by atoms with E-state index in [2.05, 4.69) is 10.2 Å². The Bertz CT molecular complexity index is 931. The Morgan fingerprint density at radius 3 is 1.94 bits per heavy atom. The maximum Gasteiger partial charge on any atom is 0.345 e. The third-order valence-corrected chi connectivity index (χ3v) is 7.43. The molecule has 0 saturated heterocycles. The van der Waals surface area contributed by atoms with Crippen LogP contribution in [-0.4, -0.2) is 47.3 Å². The van der Waals surface area contributed by atoms with Gasteiger partial charge in [-0.05, 0) is 70.7 Å². The van der Waals surface area contributed by atoms with Crippen molar-refractivity contribution in [2.24, 2.45) is 0 Å². The zero-order valence-corrected chi connectivity index (χ0v) is 20.9. The molecule has 2 unspecified atom stereocenters. The number of ether oxygens (including phenoxy) is 2. The van der Waals surface area contributed by atoms with Gasteiger partial charge in [-0.2, -0.15) is 0 Å². The first kappa shape index (κ1) is 26.2. The van der Waals surface area contributed by atoms with Crippen LogP contribution in [0.25, 0.3) is 10.1 Å². The first-order valence-corrected chi connectivity index (χ1v) is 12.8. The van der Waals surface area contributed by atoms with Crippen LogP contribution < -0.4 is 10.2 Å². The molecule has 0 aliphatic carbocycles. The second-order valence-corrected chi connectivity index (χ2v) is 10.8. The first-order valence-electron chi connectivity index (χ1n) is 10.4. The zero-order chi connectivity index (χ0) is 24.0. The van der Waals surface area contributed by atoms with Crippen LogP contribution in [0.3, 0.4) is 0 Å². The van der Waals surface area contributed by atoms with Crippen LogP contribution in [-0.2, 0) is 25.2 Å². The SMILES string of the molecule is CC(C)OC(=O)C(C)NP(Cc1ccc2sc(C(=O)O)cc2c1)NC(C)C(=O)OC(C)C. The van der Waals surface area contributed by atoms with Crippen LogP contribution >= 0.6 is 19.6 Å². The number of carbonyl (C=O) groups is 3. The van der Waals surface area contributed by atoms with Crippen LogP contribution in [0.15, 0.2) is 24.3 Å². The van der Waals surface area contributed by atoms with Gasteiger partial charge in [0.05, 0.1) is 12.2 Å². The molecule has 8 nitrogen and oxygen atoms in total. The van der Waals surface area contributed by atoms with Gasteiger partial charge in [-0.3, -0.25) is 19.8 Å². The minimum atomic E-state index is -1.21. The van der Waals surface area contributed by atoms with E-state index in [-0.39, 0.29) is 29.0 Å². The molecule has 0 saturated carbocycles. The van der Waals surface area contributed by atoms with Crippen molar-refractivity contribution in [2.75, 3.05) is 0 Å². The normalized spacial score (nSPS) is 14.4. The number of hydrogen-bond donors (Lipinski definition) is 3. The first-order chi connectivity index (χ1) is 15.0. The topological polar surface area (TPSA) is 114 Å². The van der Waals surface area contributed by atoms with E-state index in [1.807, 2.05) is 18.2 Å². The number of carbonyl (C=O) groups excluding carboxylic acids is 2. The Balaban J connectivity index is 2.20. The van der Waals surface area contributed by atoms with Crippen LogP contribution in [0.1, 0.15) is 56.8 Å². The van der Waals surface area contributed by atoms with E-state index in [0.29, 0.717) is 6.16 Å². The molecular formula is C22H31N2O6PS. The molecule has 32 heavy (non-hydrogen) atoms. The fourth-order valence-corrected chi connectivity index (χ4v) is 5.70. The summed E-state index contributed by atoms with van der Waals surface area (Å²) in [6.45, 7) is 10.6. The largest absolute Gasteiger partial charge is 0.477 e. The number of esters is 2. The van der Waals surface area contributed by atoms with Crippen molar-refractivity contribution in [3.63, 3.8) is 0 Å². The standard InChI is InChI=1S/C22H31N2O6PS/c1-12(2)29-21(27)14(5)23-31(24-15(6)22(28)30-13(3)4)11-16-7-8-18-17(9-16)10-19(32-18)20(25)26/h7-10,12-15,23-24H,11H2,1-6H3,(H,25,26). The van der Waals surface area contributed by atoms with Gasteiger partial charge in [0.15, 0.2) is 0 Å². The highest BCUT2D eigenvalue weighted by atomic mass is 32.1. The van der Waals surface area contributed by atoms with Gasteiger partial charge in [0.2, 0.25) is 0 Å². The molecule has 2 aromatic rings. The predicted molar refractivity (Wildman–Crippen MR) is 127 cm³/mol. The highest BCUT2D eigenvalue weighted by Crippen LogP contribution is 2.35. The molecule has 0 amide bonds. The van der Waals surface area contributed by atoms with Gasteiger partial charge >= 0.3 is 17.9 Å². The summed E-state index contributed by atoms with van der Waals surface area (Å²) in [6.07, 6.45) is 0.0629. The molecule has 176 valence electrons. The molecule has 0 aliphatic heterocycles. The van der Waals surface area contributed by atoms with Gasteiger partial charge in [0.25, 0.3) is 0 Å². The lowest BCUT2D eigenvalue weighted by molar-refractivity contribution is -0.149. The van der Waals surface area contributed by atoms with E-state index in [4.69, 9.17) is 9.47 Å². The van der Waals surface area contributed by atoms with Crippen LogP contribution in [0.5, 0.6) is 0 Å². The smallest absolute Gasteiger partial charge is 0.345 e. The number of aromatic carboxylic acids is 1. The van der Waals surface area contributed by atoms with Gasteiger partial charge in [-0.15, -0.1) is 11.3 Å². The summed E-state index contributed by atoms with van der Waals surface area (Å²) >= 11 is 1.23. The minimum absolute atomic E-state index is 0.227. The van der Waals surface area contributed by atoms with Gasteiger partial charge in [0.1, 0.15) is 17.0 Å². The third-order valence-electron chi connectivity index (χ3n) is 4.24. The fourth-order valence-electron chi connectivity index (χ4n) is 2.85. The minimum Gasteiger partial charge on any atom is -0.477 e. The monoisotopic (exact) mass is 482 g/mol. The summed E-state index contributed by atoms with van der Waals surface area (Å²) in [7, 11) is -1.21. The van der Waals surface area contributed by atoms with Crippen molar-refractivity contribution in [1.29, 1.82) is 0 Å². The number of benzene rings is 1. The number of fused-ring (bicyclic) bond motifs is 1. The summed E-state index contributed by atoms with van der Waals surface area (Å²) in [6, 6.07) is 6.26. The lowest BCUT2D eigenvalue weighted by Crippen LogP contribution is -2.41. The van der Waals surface area contributed by atoms with E-state index in [1.165, 1.54) is 11.3 Å². The second-order valence-electron chi connectivity index (χ2n) is 8.05. The Labute approximate surface area is 193 Å². The number of rotatable bonds is 11. The molecule has 0 bridgehead atoms. The number of carboxylic acids is 1. The third kappa shape index (κ3) is 7.81. The van der Waals surface area contributed by atoms with Crippen LogP contribution in [0, 0.1) is 0 Å². The van der Waals surface area contributed by atoms with Gasteiger partial charge in [-0.1, -0.05) is 6.07 Å². The molecule has 0 fully saturated rings. The van der Waals surface area contributed by atoms with Crippen molar-refractivity contribution in [3.05, 3.63) is 34.7 Å². The van der Waals surface area contributed by atoms with E-state index < -0.39 is 26.3 Å². The van der Waals surface area contributed by atoms with Crippen molar-refractivity contribution in [3.8, 4) is 0 Å². The lowest BCUT2D eigenvalue weighted by atomic mass is 10.2. The quantitative estimate of drug-likeness (QED) is 0.321. The van der Waals surface area contributed by atoms with Gasteiger partial charge in [0, 0.05) is 19.1 Å². The number of hydrogen-bond acceptors (Lipinski definition) is 8. The maximum absolute atomic E-state index is 12.3. The molecule has 1 aromatic carbocycles. The Hall–Kier alpha value is -2.06. The molecule has 3 N–H and O–H groups in total. The number of nitrogens with one attached hydrogen (secondary N) is 2. The summed E-state index contributed by atoms with van der Waals surface area (Å²) in [5.41, 5.74) is 0.951. The molecule has 0 aliphatic rings. The Kier molecular flexibility index (Phi) is 9.58. The summed E-state index contributed by atoms with van der Waals surface area (Å²) in [4.78, 5) is 36.1. The fraction of sp³-hybridized carbons (Fsp3) is 0.500. The summed E-state index contributed by atoms with van der Waals surface area (Å²) in [5.74, 6) is -1.69. The van der Waals surface area contributed by atoms with Crippen molar-refractivity contribution in [1.82, 2.24) is 10.2 Å². The molecule has 0 radical (unpaired) electrons. The summed E-state index contributed by atoms with van der Waals surface area (Å²) in [5, 5.41) is 16.6. The molecule has 1 heterocycles. The lowest BCUT2D eigenvalue weighted by Gasteiger charge is -2.27. The highest BCUT2D eigenvalue weighted by molar-refractivity contribution is 7.52. The molecule has 2 atom stereocenters. The van der Waals surface area contributed by atoms with E-state index in [9.17, 15) is 19.5 Å². The van der Waals surface area contributed by atoms with Crippen molar-refractivity contribution in [2.45, 2.75) is 72.0 Å². The van der Waals surface area contributed by atoms with E-state index in [0.717, 1.165) is 15.6 Å². The van der Waals surface area contributed by atoms with E-state index in [1.54, 1.807) is 47.6 Å². The Morgan fingerprint density at radius 2 is 1.47 bits per heavy atom.